The van der Waals surface area contributed by atoms with Crippen LogP contribution in [0.2, 0.25) is 0 Å². The summed E-state index contributed by atoms with van der Waals surface area (Å²) in [4.78, 5) is 23.3. The lowest BCUT2D eigenvalue weighted by molar-refractivity contribution is -0.157. The van der Waals surface area contributed by atoms with E-state index in [1.807, 2.05) is 36.5 Å². The molecule has 0 radical (unpaired) electrons. The summed E-state index contributed by atoms with van der Waals surface area (Å²) in [5.74, 6) is -0.779. The second-order valence-corrected chi connectivity index (χ2v) is 4.62. The molecule has 0 aromatic rings. The maximum Gasteiger partial charge on any atom is 0.303 e. The Morgan fingerprint density at radius 2 is 2.18 bits per heavy atom. The first kappa shape index (κ1) is 10.3. The number of hydrogen-bond acceptors (Lipinski definition) is 3. The molecule has 0 spiro atoms. The quantitative estimate of drug-likeness (QED) is 0.534. The summed E-state index contributed by atoms with van der Waals surface area (Å²) < 4.78 is 5.49. The standard InChI is InChI=1S/C13H13NO3/c1-8(15)17-13-7-3-2-4-9-5-6-10(13)14-12(16)11(9)13/h2-7,9-11H,1H3,(H,14,16)/t9-,10-,11-,13-/m1/s1. The normalized spacial score (nSPS) is 41.0. The molecule has 17 heavy (non-hydrogen) atoms. The fraction of sp³-hybridized carbons (Fsp3) is 0.385. The van der Waals surface area contributed by atoms with Crippen molar-refractivity contribution in [1.82, 2.24) is 5.32 Å². The van der Waals surface area contributed by atoms with Crippen molar-refractivity contribution in [3.8, 4) is 0 Å². The van der Waals surface area contributed by atoms with Crippen LogP contribution in [0.5, 0.6) is 0 Å². The molecule has 0 unspecified atom stereocenters. The van der Waals surface area contributed by atoms with Crippen molar-refractivity contribution in [3.63, 3.8) is 0 Å². The van der Waals surface area contributed by atoms with Gasteiger partial charge in [-0.25, -0.2) is 0 Å². The topological polar surface area (TPSA) is 55.4 Å². The summed E-state index contributed by atoms with van der Waals surface area (Å²) in [5, 5.41) is 2.87. The van der Waals surface area contributed by atoms with Crippen LogP contribution in [0.15, 0.2) is 36.5 Å². The van der Waals surface area contributed by atoms with Crippen molar-refractivity contribution in [2.24, 2.45) is 11.8 Å². The van der Waals surface area contributed by atoms with Gasteiger partial charge >= 0.3 is 5.97 Å². The van der Waals surface area contributed by atoms with E-state index in [0.29, 0.717) is 0 Å². The van der Waals surface area contributed by atoms with Gasteiger partial charge in [0, 0.05) is 12.8 Å². The first-order chi connectivity index (χ1) is 8.13. The molecule has 4 atom stereocenters. The highest BCUT2D eigenvalue weighted by atomic mass is 16.6. The Labute approximate surface area is 99.0 Å². The number of hydrogen-bond donors (Lipinski definition) is 1. The van der Waals surface area contributed by atoms with E-state index >= 15 is 0 Å². The van der Waals surface area contributed by atoms with Gasteiger partial charge in [0.25, 0.3) is 0 Å². The number of carbonyl (C=O) groups is 2. The SMILES string of the molecule is CC(=O)O[C@]12C=CC=C[C@@H]3C=C[C@H]1NC(=O)[C@@H]32. The number of esters is 1. The highest BCUT2D eigenvalue weighted by molar-refractivity contribution is 5.87. The fourth-order valence-electron chi connectivity index (χ4n) is 2.97. The summed E-state index contributed by atoms with van der Waals surface area (Å²) in [6.07, 6.45) is 11.4. The van der Waals surface area contributed by atoms with Crippen molar-refractivity contribution >= 4 is 11.9 Å². The third-order valence-electron chi connectivity index (χ3n) is 3.58. The molecule has 1 saturated heterocycles. The monoisotopic (exact) mass is 231 g/mol. The smallest absolute Gasteiger partial charge is 0.303 e. The maximum atomic E-state index is 12.0. The molecule has 4 bridgehead atoms. The van der Waals surface area contributed by atoms with Gasteiger partial charge < -0.3 is 10.1 Å². The van der Waals surface area contributed by atoms with Crippen LogP contribution >= 0.6 is 0 Å². The average Bonchev–Trinajstić information content (AvgIpc) is 2.39. The van der Waals surface area contributed by atoms with Gasteiger partial charge in [-0.1, -0.05) is 30.4 Å². The van der Waals surface area contributed by atoms with Gasteiger partial charge in [-0.15, -0.1) is 0 Å². The van der Waals surface area contributed by atoms with E-state index in [1.54, 1.807) is 0 Å². The van der Waals surface area contributed by atoms with E-state index in [2.05, 4.69) is 5.32 Å². The maximum absolute atomic E-state index is 12.0. The number of nitrogens with one attached hydrogen (secondary N) is 1. The molecule has 0 saturated carbocycles. The van der Waals surface area contributed by atoms with Crippen molar-refractivity contribution in [3.05, 3.63) is 36.5 Å². The van der Waals surface area contributed by atoms with Crippen LogP contribution in [0.3, 0.4) is 0 Å². The van der Waals surface area contributed by atoms with Crippen LogP contribution < -0.4 is 5.32 Å². The van der Waals surface area contributed by atoms with Gasteiger partial charge in [-0.3, -0.25) is 9.59 Å². The van der Waals surface area contributed by atoms with Crippen LogP contribution in [-0.2, 0) is 14.3 Å². The second-order valence-electron chi connectivity index (χ2n) is 4.62. The van der Waals surface area contributed by atoms with Gasteiger partial charge in [0.1, 0.15) is 0 Å². The van der Waals surface area contributed by atoms with Crippen LogP contribution in [-0.4, -0.2) is 23.5 Å². The molecule has 1 heterocycles. The second kappa shape index (κ2) is 3.32. The number of allylic oxidation sites excluding steroid dienone is 4. The van der Waals surface area contributed by atoms with E-state index in [-0.39, 0.29) is 29.8 Å². The van der Waals surface area contributed by atoms with Crippen molar-refractivity contribution in [1.29, 1.82) is 0 Å². The van der Waals surface area contributed by atoms with Crippen molar-refractivity contribution in [2.75, 3.05) is 0 Å². The molecule has 0 aromatic heterocycles. The van der Waals surface area contributed by atoms with E-state index < -0.39 is 5.60 Å². The minimum atomic E-state index is -0.855. The zero-order chi connectivity index (χ0) is 12.0. The lowest BCUT2D eigenvalue weighted by Gasteiger charge is -2.37. The zero-order valence-corrected chi connectivity index (χ0v) is 9.42. The third-order valence-corrected chi connectivity index (χ3v) is 3.58. The minimum Gasteiger partial charge on any atom is -0.452 e. The number of carbonyl (C=O) groups excluding carboxylic acids is 2. The van der Waals surface area contributed by atoms with Crippen LogP contribution in [0, 0.1) is 11.8 Å². The number of rotatable bonds is 1. The Morgan fingerprint density at radius 1 is 1.35 bits per heavy atom. The number of amides is 1. The molecular weight excluding hydrogens is 218 g/mol. The number of ether oxygens (including phenoxy) is 1. The van der Waals surface area contributed by atoms with Gasteiger partial charge in [0.05, 0.1) is 12.0 Å². The molecule has 4 heteroatoms. The fourth-order valence-corrected chi connectivity index (χ4v) is 2.97. The van der Waals surface area contributed by atoms with E-state index in [0.717, 1.165) is 0 Å². The van der Waals surface area contributed by atoms with Crippen LogP contribution in [0.4, 0.5) is 0 Å². The molecule has 1 aliphatic heterocycles. The molecule has 4 nitrogen and oxygen atoms in total. The summed E-state index contributed by atoms with van der Waals surface area (Å²) in [6, 6.07) is -0.253. The molecule has 88 valence electrons. The van der Waals surface area contributed by atoms with Crippen molar-refractivity contribution < 1.29 is 14.3 Å². The van der Waals surface area contributed by atoms with Crippen LogP contribution in [0.1, 0.15) is 6.92 Å². The first-order valence-corrected chi connectivity index (χ1v) is 5.68. The molecule has 2 aliphatic carbocycles. The minimum absolute atomic E-state index is 0.0110. The molecule has 1 N–H and O–H groups in total. The average molecular weight is 231 g/mol. The Bertz CT molecular complexity index is 477. The Balaban J connectivity index is 2.14. The van der Waals surface area contributed by atoms with Gasteiger partial charge in [-0.05, 0) is 6.08 Å². The zero-order valence-electron chi connectivity index (χ0n) is 9.42. The lowest BCUT2D eigenvalue weighted by Crippen LogP contribution is -2.50. The molecule has 1 amide bonds. The van der Waals surface area contributed by atoms with Gasteiger partial charge in [0.2, 0.25) is 5.91 Å². The lowest BCUT2D eigenvalue weighted by atomic mass is 9.73. The van der Waals surface area contributed by atoms with E-state index in [9.17, 15) is 9.59 Å². The molecular formula is C13H13NO3. The Kier molecular flexibility index (Phi) is 2.02. The first-order valence-electron chi connectivity index (χ1n) is 5.68. The molecule has 3 aliphatic rings. The van der Waals surface area contributed by atoms with E-state index in [4.69, 9.17) is 4.74 Å². The molecule has 1 fully saturated rings. The third kappa shape index (κ3) is 1.30. The molecule has 0 aromatic carbocycles. The summed E-state index contributed by atoms with van der Waals surface area (Å²) in [6.45, 7) is 1.37. The summed E-state index contributed by atoms with van der Waals surface area (Å²) >= 11 is 0. The highest BCUT2D eigenvalue weighted by Crippen LogP contribution is 2.44. The summed E-state index contributed by atoms with van der Waals surface area (Å²) in [5.41, 5.74) is -0.855. The Morgan fingerprint density at radius 3 is 2.94 bits per heavy atom. The summed E-state index contributed by atoms with van der Waals surface area (Å²) in [7, 11) is 0. The molecule has 3 rings (SSSR count). The van der Waals surface area contributed by atoms with Gasteiger partial charge in [-0.2, -0.15) is 0 Å². The van der Waals surface area contributed by atoms with E-state index in [1.165, 1.54) is 6.92 Å². The predicted octanol–water partition coefficient (Wildman–Crippen LogP) is 0.715. The predicted molar refractivity (Wildman–Crippen MR) is 60.8 cm³/mol. The largest absolute Gasteiger partial charge is 0.452 e. The van der Waals surface area contributed by atoms with Crippen LogP contribution in [0.25, 0.3) is 0 Å². The highest BCUT2D eigenvalue weighted by Gasteiger charge is 2.59. The van der Waals surface area contributed by atoms with Crippen molar-refractivity contribution in [2.45, 2.75) is 18.6 Å². The Hall–Kier alpha value is -1.84. The van der Waals surface area contributed by atoms with Gasteiger partial charge in [0.15, 0.2) is 5.60 Å².